The molecular weight excluding hydrogens is 216 g/mol. The normalized spacial score (nSPS) is 20.6. The molecule has 1 saturated heterocycles. The fourth-order valence-corrected chi connectivity index (χ4v) is 2.20. The second-order valence-electron chi connectivity index (χ2n) is 4.59. The van der Waals surface area contributed by atoms with Gasteiger partial charge in [-0.15, -0.1) is 0 Å². The third-order valence-electron chi connectivity index (χ3n) is 3.18. The van der Waals surface area contributed by atoms with Gasteiger partial charge in [0.15, 0.2) is 5.76 Å². The number of hydrogen-bond donors (Lipinski definition) is 1. The van der Waals surface area contributed by atoms with Crippen LogP contribution >= 0.6 is 0 Å². The summed E-state index contributed by atoms with van der Waals surface area (Å²) in [7, 11) is 0. The van der Waals surface area contributed by atoms with Crippen LogP contribution in [0.5, 0.6) is 0 Å². The molecule has 1 unspecified atom stereocenters. The van der Waals surface area contributed by atoms with E-state index >= 15 is 0 Å². The van der Waals surface area contributed by atoms with Gasteiger partial charge in [-0.1, -0.05) is 13.3 Å². The van der Waals surface area contributed by atoms with E-state index in [0.717, 1.165) is 26.1 Å². The number of carbonyl (C=O) groups is 1. The molecule has 1 fully saturated rings. The molecule has 2 heterocycles. The van der Waals surface area contributed by atoms with Gasteiger partial charge in [0.2, 0.25) is 0 Å². The van der Waals surface area contributed by atoms with Crippen LogP contribution < -0.4 is 5.32 Å². The van der Waals surface area contributed by atoms with Crippen LogP contribution in [0.3, 0.4) is 0 Å². The third-order valence-corrected chi connectivity index (χ3v) is 3.18. The van der Waals surface area contributed by atoms with E-state index in [1.54, 1.807) is 12.1 Å². The standard InChI is InChI=1S/C13H20N2O2/c1-2-3-7-15-8-6-11(10-15)14-13(16)12-5-4-9-17-12/h4-5,9,11H,2-3,6-8,10H2,1H3,(H,14,16). The van der Waals surface area contributed by atoms with Gasteiger partial charge < -0.3 is 14.6 Å². The molecule has 4 heteroatoms. The predicted octanol–water partition coefficient (Wildman–Crippen LogP) is 1.88. The quantitative estimate of drug-likeness (QED) is 0.849. The number of carbonyl (C=O) groups excluding carboxylic acids is 1. The summed E-state index contributed by atoms with van der Waals surface area (Å²) in [6.07, 6.45) is 5.02. The van der Waals surface area contributed by atoms with E-state index in [-0.39, 0.29) is 11.9 Å². The van der Waals surface area contributed by atoms with Crippen molar-refractivity contribution in [1.82, 2.24) is 10.2 Å². The summed E-state index contributed by atoms with van der Waals surface area (Å²) in [5.74, 6) is 0.300. The van der Waals surface area contributed by atoms with Crippen molar-refractivity contribution in [3.63, 3.8) is 0 Å². The third kappa shape index (κ3) is 3.33. The lowest BCUT2D eigenvalue weighted by atomic mass is 10.2. The molecule has 4 nitrogen and oxygen atoms in total. The van der Waals surface area contributed by atoms with Gasteiger partial charge in [0, 0.05) is 19.1 Å². The van der Waals surface area contributed by atoms with E-state index in [0.29, 0.717) is 5.76 Å². The fourth-order valence-electron chi connectivity index (χ4n) is 2.20. The molecule has 0 saturated carbocycles. The minimum atomic E-state index is -0.0997. The number of nitrogens with zero attached hydrogens (tertiary/aromatic N) is 1. The zero-order chi connectivity index (χ0) is 12.1. The van der Waals surface area contributed by atoms with Crippen LogP contribution in [0.25, 0.3) is 0 Å². The molecule has 0 bridgehead atoms. The minimum absolute atomic E-state index is 0.0997. The maximum Gasteiger partial charge on any atom is 0.287 e. The molecule has 1 aromatic heterocycles. The van der Waals surface area contributed by atoms with Crippen molar-refractivity contribution < 1.29 is 9.21 Å². The molecule has 0 radical (unpaired) electrons. The van der Waals surface area contributed by atoms with Gasteiger partial charge in [0.05, 0.1) is 6.26 Å². The van der Waals surface area contributed by atoms with Crippen molar-refractivity contribution in [2.24, 2.45) is 0 Å². The Kier molecular flexibility index (Phi) is 4.20. The van der Waals surface area contributed by atoms with E-state index in [1.807, 2.05) is 0 Å². The van der Waals surface area contributed by atoms with Gasteiger partial charge in [-0.25, -0.2) is 0 Å². The Bertz CT molecular complexity index is 348. The van der Waals surface area contributed by atoms with Gasteiger partial charge >= 0.3 is 0 Å². The Morgan fingerprint density at radius 1 is 1.65 bits per heavy atom. The Morgan fingerprint density at radius 3 is 3.24 bits per heavy atom. The number of nitrogens with one attached hydrogen (secondary N) is 1. The maximum absolute atomic E-state index is 11.8. The average Bonchev–Trinajstić information content (AvgIpc) is 2.97. The number of rotatable bonds is 5. The Hall–Kier alpha value is -1.29. The summed E-state index contributed by atoms with van der Waals surface area (Å²) in [5.41, 5.74) is 0. The number of likely N-dealkylation sites (tertiary alicyclic amines) is 1. The molecule has 1 aliphatic rings. The van der Waals surface area contributed by atoms with Crippen molar-refractivity contribution in [2.45, 2.75) is 32.2 Å². The van der Waals surface area contributed by atoms with Crippen molar-refractivity contribution in [1.29, 1.82) is 0 Å². The highest BCUT2D eigenvalue weighted by atomic mass is 16.3. The molecule has 0 spiro atoms. The fraction of sp³-hybridized carbons (Fsp3) is 0.615. The zero-order valence-electron chi connectivity index (χ0n) is 10.3. The van der Waals surface area contributed by atoms with Gasteiger partial charge in [0.1, 0.15) is 0 Å². The molecule has 1 aliphatic heterocycles. The van der Waals surface area contributed by atoms with Gasteiger partial charge in [0.25, 0.3) is 5.91 Å². The van der Waals surface area contributed by atoms with Gasteiger partial charge in [-0.2, -0.15) is 0 Å². The van der Waals surface area contributed by atoms with E-state index < -0.39 is 0 Å². The topological polar surface area (TPSA) is 45.5 Å². The number of unbranched alkanes of at least 4 members (excludes halogenated alkanes) is 1. The summed E-state index contributed by atoms with van der Waals surface area (Å²) in [6.45, 7) is 5.39. The molecule has 1 atom stereocenters. The maximum atomic E-state index is 11.8. The highest BCUT2D eigenvalue weighted by Crippen LogP contribution is 2.11. The molecule has 2 rings (SSSR count). The average molecular weight is 236 g/mol. The second kappa shape index (κ2) is 5.87. The van der Waals surface area contributed by atoms with Crippen LogP contribution in [0, 0.1) is 0 Å². The van der Waals surface area contributed by atoms with Crippen molar-refractivity contribution in [3.8, 4) is 0 Å². The van der Waals surface area contributed by atoms with E-state index in [9.17, 15) is 4.79 Å². The van der Waals surface area contributed by atoms with Crippen LogP contribution in [0.2, 0.25) is 0 Å². The molecule has 0 aromatic carbocycles. The number of furan rings is 1. The first kappa shape index (κ1) is 12.2. The summed E-state index contributed by atoms with van der Waals surface area (Å²) < 4.78 is 5.07. The summed E-state index contributed by atoms with van der Waals surface area (Å²) in [6, 6.07) is 3.69. The van der Waals surface area contributed by atoms with Crippen LogP contribution in [0.1, 0.15) is 36.7 Å². The van der Waals surface area contributed by atoms with Crippen molar-refractivity contribution >= 4 is 5.91 Å². The minimum Gasteiger partial charge on any atom is -0.459 e. The first-order valence-corrected chi connectivity index (χ1v) is 6.36. The first-order chi connectivity index (χ1) is 8.29. The van der Waals surface area contributed by atoms with Crippen LogP contribution in [-0.4, -0.2) is 36.5 Å². The highest BCUT2D eigenvalue weighted by Gasteiger charge is 2.24. The van der Waals surface area contributed by atoms with E-state index in [1.165, 1.54) is 19.1 Å². The zero-order valence-corrected chi connectivity index (χ0v) is 10.3. The molecule has 1 aromatic rings. The molecule has 0 aliphatic carbocycles. The molecule has 1 N–H and O–H groups in total. The predicted molar refractivity (Wildman–Crippen MR) is 65.9 cm³/mol. The second-order valence-corrected chi connectivity index (χ2v) is 4.59. The van der Waals surface area contributed by atoms with Crippen molar-refractivity contribution in [3.05, 3.63) is 24.2 Å². The molecule has 1 amide bonds. The molecular formula is C13H20N2O2. The summed E-state index contributed by atoms with van der Waals surface area (Å²) in [4.78, 5) is 14.2. The monoisotopic (exact) mass is 236 g/mol. The van der Waals surface area contributed by atoms with E-state index in [2.05, 4.69) is 17.1 Å². The lowest BCUT2D eigenvalue weighted by molar-refractivity contribution is 0.0909. The van der Waals surface area contributed by atoms with Crippen LogP contribution in [0.15, 0.2) is 22.8 Å². The highest BCUT2D eigenvalue weighted by molar-refractivity contribution is 5.91. The summed E-state index contributed by atoms with van der Waals surface area (Å²) >= 11 is 0. The smallest absolute Gasteiger partial charge is 0.287 e. The Morgan fingerprint density at radius 2 is 2.53 bits per heavy atom. The Labute approximate surface area is 102 Å². The number of amides is 1. The largest absolute Gasteiger partial charge is 0.459 e. The van der Waals surface area contributed by atoms with E-state index in [4.69, 9.17) is 4.42 Å². The van der Waals surface area contributed by atoms with Crippen LogP contribution in [-0.2, 0) is 0 Å². The van der Waals surface area contributed by atoms with Crippen molar-refractivity contribution in [2.75, 3.05) is 19.6 Å². The lowest BCUT2D eigenvalue weighted by Gasteiger charge is -2.15. The first-order valence-electron chi connectivity index (χ1n) is 6.36. The molecule has 17 heavy (non-hydrogen) atoms. The van der Waals surface area contributed by atoms with Gasteiger partial charge in [-0.05, 0) is 31.5 Å². The van der Waals surface area contributed by atoms with Crippen LogP contribution in [0.4, 0.5) is 0 Å². The molecule has 94 valence electrons. The summed E-state index contributed by atoms with van der Waals surface area (Å²) in [5, 5.41) is 3.01. The number of hydrogen-bond acceptors (Lipinski definition) is 3. The van der Waals surface area contributed by atoms with Gasteiger partial charge in [-0.3, -0.25) is 4.79 Å². The Balaban J connectivity index is 1.76. The SMILES string of the molecule is CCCCN1CCC(NC(=O)c2ccco2)C1. The lowest BCUT2D eigenvalue weighted by Crippen LogP contribution is -2.37.